The Balaban J connectivity index is 1.99. The minimum absolute atomic E-state index is 0.205. The minimum Gasteiger partial charge on any atom is -0.497 e. The molecule has 0 spiro atoms. The van der Waals surface area contributed by atoms with Crippen molar-refractivity contribution in [2.24, 2.45) is 0 Å². The average molecular weight is 523 g/mol. The maximum atomic E-state index is 13.8. The third-order valence-corrected chi connectivity index (χ3v) is 11.9. The van der Waals surface area contributed by atoms with Crippen molar-refractivity contribution < 1.29 is 23.2 Å². The SMILES string of the molecule is CCC(CC)(COCc1ccc(OC)cc1)SS(=O)C(CC)(CC)COCc1ccc(OC)cc1. The van der Waals surface area contributed by atoms with Crippen LogP contribution in [0.4, 0.5) is 0 Å². The second-order valence-corrected chi connectivity index (χ2v) is 12.6. The molecule has 0 saturated heterocycles. The van der Waals surface area contributed by atoms with E-state index in [1.54, 1.807) is 25.0 Å². The molecule has 0 radical (unpaired) electrons. The maximum absolute atomic E-state index is 13.8. The summed E-state index contributed by atoms with van der Waals surface area (Å²) in [5.74, 6) is 1.66. The standard InChI is InChI=1S/C28H42O5S2/c1-7-27(8-2,21-32-19-23-11-15-25(30-5)16-12-23)34-35(29)28(9-3,10-4)22-33-20-24-13-17-26(31-6)18-14-24/h11-18H,7-10,19-22H2,1-6H3. The van der Waals surface area contributed by atoms with Gasteiger partial charge in [0.25, 0.3) is 0 Å². The summed E-state index contributed by atoms with van der Waals surface area (Å²) in [6.07, 6.45) is 3.36. The highest BCUT2D eigenvalue weighted by molar-refractivity contribution is 8.70. The molecule has 0 saturated carbocycles. The summed E-state index contributed by atoms with van der Waals surface area (Å²) in [4.78, 5) is 0. The van der Waals surface area contributed by atoms with Crippen molar-refractivity contribution >= 4 is 20.6 Å². The Morgan fingerprint density at radius 3 is 1.49 bits per heavy atom. The Labute approximate surface area is 218 Å². The summed E-state index contributed by atoms with van der Waals surface area (Å²) in [6.45, 7) is 10.6. The molecule has 0 bridgehead atoms. The summed E-state index contributed by atoms with van der Waals surface area (Å²) in [6, 6.07) is 15.8. The second-order valence-electron chi connectivity index (χ2n) is 8.78. The van der Waals surface area contributed by atoms with Gasteiger partial charge in [-0.1, -0.05) is 62.8 Å². The van der Waals surface area contributed by atoms with Gasteiger partial charge in [0.2, 0.25) is 0 Å². The van der Waals surface area contributed by atoms with Crippen LogP contribution in [0.1, 0.15) is 64.5 Å². The van der Waals surface area contributed by atoms with Gasteiger partial charge in [0.15, 0.2) is 0 Å². The van der Waals surface area contributed by atoms with Crippen LogP contribution < -0.4 is 9.47 Å². The Morgan fingerprint density at radius 1 is 0.686 bits per heavy atom. The van der Waals surface area contributed by atoms with Crippen LogP contribution >= 0.6 is 10.8 Å². The zero-order chi connectivity index (χ0) is 25.7. The van der Waals surface area contributed by atoms with E-state index in [0.717, 1.165) is 48.3 Å². The van der Waals surface area contributed by atoms with Gasteiger partial charge in [-0.15, -0.1) is 0 Å². The largest absolute Gasteiger partial charge is 0.497 e. The van der Waals surface area contributed by atoms with Crippen LogP contribution in [0.2, 0.25) is 0 Å². The summed E-state index contributed by atoms with van der Waals surface area (Å²) in [5.41, 5.74) is 2.18. The molecule has 35 heavy (non-hydrogen) atoms. The molecule has 2 aromatic carbocycles. The Kier molecular flexibility index (Phi) is 12.6. The predicted molar refractivity (Wildman–Crippen MR) is 148 cm³/mol. The van der Waals surface area contributed by atoms with E-state index >= 15 is 0 Å². The molecule has 0 aliphatic carbocycles. The van der Waals surface area contributed by atoms with E-state index in [1.165, 1.54) is 0 Å². The van der Waals surface area contributed by atoms with Crippen LogP contribution in [-0.2, 0) is 32.5 Å². The van der Waals surface area contributed by atoms with Gasteiger partial charge < -0.3 is 18.9 Å². The van der Waals surface area contributed by atoms with Crippen LogP contribution in [0.5, 0.6) is 11.5 Å². The first-order chi connectivity index (χ1) is 16.9. The van der Waals surface area contributed by atoms with Gasteiger partial charge in [-0.2, -0.15) is 0 Å². The quantitative estimate of drug-likeness (QED) is 0.210. The average Bonchev–Trinajstić information content (AvgIpc) is 2.91. The third-order valence-electron chi connectivity index (χ3n) is 6.77. The molecule has 7 heteroatoms. The van der Waals surface area contributed by atoms with Crippen LogP contribution in [0.15, 0.2) is 48.5 Å². The van der Waals surface area contributed by atoms with E-state index in [9.17, 15) is 4.21 Å². The Bertz CT molecular complexity index is 875. The molecule has 0 heterocycles. The van der Waals surface area contributed by atoms with Crippen molar-refractivity contribution in [1.82, 2.24) is 0 Å². The zero-order valence-corrected chi connectivity index (χ0v) is 23.8. The van der Waals surface area contributed by atoms with Crippen molar-refractivity contribution in [3.63, 3.8) is 0 Å². The molecule has 5 nitrogen and oxygen atoms in total. The summed E-state index contributed by atoms with van der Waals surface area (Å²) in [7, 11) is 3.77. The molecular formula is C28H42O5S2. The number of benzene rings is 2. The lowest BCUT2D eigenvalue weighted by Gasteiger charge is -2.36. The van der Waals surface area contributed by atoms with E-state index in [-0.39, 0.29) is 4.75 Å². The number of methoxy groups -OCH3 is 2. The van der Waals surface area contributed by atoms with E-state index in [0.29, 0.717) is 26.4 Å². The van der Waals surface area contributed by atoms with Crippen molar-refractivity contribution in [3.8, 4) is 11.5 Å². The first kappa shape index (κ1) is 29.7. The highest BCUT2D eigenvalue weighted by Crippen LogP contribution is 2.42. The van der Waals surface area contributed by atoms with Gasteiger partial charge in [0.05, 0.1) is 60.0 Å². The first-order valence-corrected chi connectivity index (χ1v) is 14.9. The minimum atomic E-state index is -1.13. The van der Waals surface area contributed by atoms with Crippen LogP contribution in [0.25, 0.3) is 0 Å². The van der Waals surface area contributed by atoms with E-state index in [1.807, 2.05) is 48.5 Å². The van der Waals surface area contributed by atoms with Gasteiger partial charge in [-0.3, -0.25) is 0 Å². The van der Waals surface area contributed by atoms with E-state index in [4.69, 9.17) is 18.9 Å². The zero-order valence-electron chi connectivity index (χ0n) is 22.1. The lowest BCUT2D eigenvalue weighted by molar-refractivity contribution is 0.0941. The van der Waals surface area contributed by atoms with Gasteiger partial charge >= 0.3 is 0 Å². The molecule has 2 rings (SSSR count). The van der Waals surface area contributed by atoms with Gasteiger partial charge in [-0.25, -0.2) is 4.21 Å². The Morgan fingerprint density at radius 2 is 1.11 bits per heavy atom. The molecule has 0 amide bonds. The van der Waals surface area contributed by atoms with Crippen LogP contribution in [0, 0.1) is 0 Å². The molecule has 0 aliphatic rings. The number of rotatable bonds is 17. The number of hydrogen-bond donors (Lipinski definition) is 0. The van der Waals surface area contributed by atoms with Crippen molar-refractivity contribution in [3.05, 3.63) is 59.7 Å². The first-order valence-electron chi connectivity index (χ1n) is 12.4. The fraction of sp³-hybridized carbons (Fsp3) is 0.571. The topological polar surface area (TPSA) is 54.0 Å². The summed E-state index contributed by atoms with van der Waals surface area (Å²) in [5, 5.41) is 0. The van der Waals surface area contributed by atoms with Crippen molar-refractivity contribution in [2.45, 2.75) is 76.1 Å². The molecule has 1 atom stereocenters. The van der Waals surface area contributed by atoms with Gasteiger partial charge in [0, 0.05) is 0 Å². The normalized spacial score (nSPS) is 13.0. The molecule has 0 aliphatic heterocycles. The number of hydrogen-bond acceptors (Lipinski definition) is 6. The van der Waals surface area contributed by atoms with Crippen LogP contribution in [0.3, 0.4) is 0 Å². The number of ether oxygens (including phenoxy) is 4. The lowest BCUT2D eigenvalue weighted by Crippen LogP contribution is -2.40. The molecule has 196 valence electrons. The van der Waals surface area contributed by atoms with Gasteiger partial charge in [0.1, 0.15) is 11.5 Å². The fourth-order valence-electron chi connectivity index (χ4n) is 3.74. The lowest BCUT2D eigenvalue weighted by atomic mass is 10.0. The third kappa shape index (κ3) is 8.52. The maximum Gasteiger partial charge on any atom is 0.118 e. The molecule has 0 N–H and O–H groups in total. The molecule has 0 aromatic heterocycles. The van der Waals surface area contributed by atoms with Crippen LogP contribution in [-0.4, -0.2) is 41.1 Å². The smallest absolute Gasteiger partial charge is 0.118 e. The monoisotopic (exact) mass is 522 g/mol. The highest BCUT2D eigenvalue weighted by Gasteiger charge is 2.40. The predicted octanol–water partition coefficient (Wildman–Crippen LogP) is 6.95. The fourth-order valence-corrected chi connectivity index (χ4v) is 8.45. The molecular weight excluding hydrogens is 480 g/mol. The van der Waals surface area contributed by atoms with Crippen molar-refractivity contribution in [1.29, 1.82) is 0 Å². The van der Waals surface area contributed by atoms with E-state index in [2.05, 4.69) is 27.7 Å². The Hall–Kier alpha value is -1.54. The van der Waals surface area contributed by atoms with Gasteiger partial charge in [-0.05, 0) is 61.1 Å². The van der Waals surface area contributed by atoms with E-state index < -0.39 is 14.6 Å². The molecule has 1 unspecified atom stereocenters. The molecule has 0 fully saturated rings. The second kappa shape index (κ2) is 14.9. The summed E-state index contributed by atoms with van der Waals surface area (Å²) >= 11 is 0. The highest BCUT2D eigenvalue weighted by atomic mass is 33.1. The summed E-state index contributed by atoms with van der Waals surface area (Å²) < 4.78 is 35.9. The van der Waals surface area contributed by atoms with Crippen molar-refractivity contribution in [2.75, 3.05) is 27.4 Å². The molecule has 2 aromatic rings.